The Hall–Kier alpha value is -2.08. The fourth-order valence-corrected chi connectivity index (χ4v) is 1.81. The van der Waals surface area contributed by atoms with Crippen LogP contribution in [0.4, 0.5) is 5.69 Å². The van der Waals surface area contributed by atoms with E-state index in [4.69, 9.17) is 5.26 Å². The van der Waals surface area contributed by atoms with Crippen LogP contribution in [0.5, 0.6) is 0 Å². The Morgan fingerprint density at radius 2 is 2.25 bits per heavy atom. The molecule has 2 aromatic rings. The van der Waals surface area contributed by atoms with Gasteiger partial charge in [-0.25, -0.2) is 0 Å². The zero-order valence-corrected chi connectivity index (χ0v) is 9.41. The monoisotopic (exact) mass is 211 g/mol. The van der Waals surface area contributed by atoms with Crippen LogP contribution in [-0.4, -0.2) is 12.0 Å². The van der Waals surface area contributed by atoms with Gasteiger partial charge in [-0.3, -0.25) is 4.98 Å². The molecule has 0 spiro atoms. The Morgan fingerprint density at radius 3 is 2.88 bits per heavy atom. The van der Waals surface area contributed by atoms with E-state index in [2.05, 4.69) is 35.4 Å². The summed E-state index contributed by atoms with van der Waals surface area (Å²) >= 11 is 0. The molecule has 0 bridgehead atoms. The van der Waals surface area contributed by atoms with Gasteiger partial charge in [-0.2, -0.15) is 5.26 Å². The van der Waals surface area contributed by atoms with Crippen LogP contribution in [0.3, 0.4) is 0 Å². The highest BCUT2D eigenvalue weighted by molar-refractivity contribution is 5.94. The van der Waals surface area contributed by atoms with Gasteiger partial charge in [-0.15, -0.1) is 0 Å². The van der Waals surface area contributed by atoms with Crippen LogP contribution in [0.1, 0.15) is 18.1 Å². The number of hydrogen-bond acceptors (Lipinski definition) is 3. The summed E-state index contributed by atoms with van der Waals surface area (Å²) in [6.45, 7) is 2.11. The number of anilines is 1. The minimum Gasteiger partial charge on any atom is -0.386 e. The van der Waals surface area contributed by atoms with Crippen molar-refractivity contribution in [3.63, 3.8) is 0 Å². The predicted molar refractivity (Wildman–Crippen MR) is 65.4 cm³/mol. The van der Waals surface area contributed by atoms with Gasteiger partial charge in [0, 0.05) is 18.6 Å². The number of benzene rings is 1. The number of nitriles is 1. The Balaban J connectivity index is 2.79. The van der Waals surface area contributed by atoms with Crippen molar-refractivity contribution in [2.45, 2.75) is 13.3 Å². The molecule has 3 nitrogen and oxygen atoms in total. The largest absolute Gasteiger partial charge is 0.386 e. The lowest BCUT2D eigenvalue weighted by atomic mass is 10.1. The summed E-state index contributed by atoms with van der Waals surface area (Å²) in [5, 5.41) is 13.1. The molecule has 0 radical (unpaired) electrons. The van der Waals surface area contributed by atoms with Crippen molar-refractivity contribution in [1.29, 1.82) is 5.26 Å². The Bertz CT molecular complexity index is 567. The van der Waals surface area contributed by atoms with E-state index >= 15 is 0 Å². The molecular formula is C13H13N3. The number of fused-ring (bicyclic) bond motifs is 1. The van der Waals surface area contributed by atoms with Crippen molar-refractivity contribution < 1.29 is 0 Å². The highest BCUT2D eigenvalue weighted by Crippen LogP contribution is 2.26. The summed E-state index contributed by atoms with van der Waals surface area (Å²) in [5.41, 5.74) is 3.62. The predicted octanol–water partition coefficient (Wildman–Crippen LogP) is 2.71. The van der Waals surface area contributed by atoms with Crippen molar-refractivity contribution in [3.8, 4) is 6.07 Å². The number of rotatable bonds is 2. The van der Waals surface area contributed by atoms with Gasteiger partial charge in [0.05, 0.1) is 16.8 Å². The van der Waals surface area contributed by atoms with Gasteiger partial charge in [0.25, 0.3) is 0 Å². The maximum atomic E-state index is 9.01. The van der Waals surface area contributed by atoms with E-state index in [9.17, 15) is 0 Å². The second-order valence-corrected chi connectivity index (χ2v) is 3.61. The van der Waals surface area contributed by atoms with Crippen molar-refractivity contribution >= 4 is 16.6 Å². The van der Waals surface area contributed by atoms with Crippen LogP contribution < -0.4 is 5.32 Å². The third-order valence-electron chi connectivity index (χ3n) is 2.71. The van der Waals surface area contributed by atoms with Crippen molar-refractivity contribution in [3.05, 3.63) is 35.5 Å². The maximum Gasteiger partial charge on any atom is 0.103 e. The van der Waals surface area contributed by atoms with Gasteiger partial charge in [-0.05, 0) is 24.1 Å². The molecule has 0 saturated heterocycles. The molecule has 2 rings (SSSR count). The van der Waals surface area contributed by atoms with E-state index in [1.807, 2.05) is 13.1 Å². The Labute approximate surface area is 94.7 Å². The van der Waals surface area contributed by atoms with Crippen LogP contribution in [-0.2, 0) is 6.42 Å². The molecule has 0 unspecified atom stereocenters. The van der Waals surface area contributed by atoms with Gasteiger partial charge >= 0.3 is 0 Å². The summed E-state index contributed by atoms with van der Waals surface area (Å²) in [6.07, 6.45) is 2.59. The average Bonchev–Trinajstić information content (AvgIpc) is 2.36. The molecule has 1 N–H and O–H groups in total. The first kappa shape index (κ1) is 10.4. The van der Waals surface area contributed by atoms with E-state index in [1.165, 1.54) is 5.56 Å². The van der Waals surface area contributed by atoms with Crippen molar-refractivity contribution in [2.24, 2.45) is 0 Å². The SMILES string of the molecule is CCc1ccc2ncc(C#N)c(NC)c2c1. The smallest absolute Gasteiger partial charge is 0.103 e. The zero-order valence-electron chi connectivity index (χ0n) is 9.41. The second kappa shape index (κ2) is 4.19. The third-order valence-corrected chi connectivity index (χ3v) is 2.71. The van der Waals surface area contributed by atoms with Gasteiger partial charge in [-0.1, -0.05) is 13.0 Å². The highest BCUT2D eigenvalue weighted by Gasteiger charge is 2.07. The average molecular weight is 211 g/mol. The van der Waals surface area contributed by atoms with Crippen molar-refractivity contribution in [1.82, 2.24) is 4.98 Å². The van der Waals surface area contributed by atoms with E-state index < -0.39 is 0 Å². The quantitative estimate of drug-likeness (QED) is 0.830. The summed E-state index contributed by atoms with van der Waals surface area (Å²) in [7, 11) is 1.83. The van der Waals surface area contributed by atoms with E-state index in [0.717, 1.165) is 23.0 Å². The minimum absolute atomic E-state index is 0.586. The van der Waals surface area contributed by atoms with Crippen LogP contribution in [0.15, 0.2) is 24.4 Å². The zero-order chi connectivity index (χ0) is 11.5. The fourth-order valence-electron chi connectivity index (χ4n) is 1.81. The Kier molecular flexibility index (Phi) is 2.74. The number of aromatic nitrogens is 1. The summed E-state index contributed by atoms with van der Waals surface area (Å²) in [4.78, 5) is 4.27. The van der Waals surface area contributed by atoms with Gasteiger partial charge in [0.1, 0.15) is 6.07 Å². The minimum atomic E-state index is 0.586. The topological polar surface area (TPSA) is 48.7 Å². The molecule has 0 atom stereocenters. The van der Waals surface area contributed by atoms with Gasteiger partial charge < -0.3 is 5.32 Å². The number of pyridine rings is 1. The lowest BCUT2D eigenvalue weighted by molar-refractivity contribution is 1.14. The Morgan fingerprint density at radius 1 is 1.44 bits per heavy atom. The standard InChI is InChI=1S/C13H13N3/c1-3-9-4-5-12-11(6-9)13(15-2)10(7-14)8-16-12/h4-6,8H,3H2,1-2H3,(H,15,16). The summed E-state index contributed by atoms with van der Waals surface area (Å²) < 4.78 is 0. The third kappa shape index (κ3) is 1.59. The molecule has 0 aliphatic carbocycles. The molecule has 0 amide bonds. The van der Waals surface area contributed by atoms with Crippen molar-refractivity contribution in [2.75, 3.05) is 12.4 Å². The van der Waals surface area contributed by atoms with E-state index in [1.54, 1.807) is 6.20 Å². The molecule has 1 heterocycles. The van der Waals surface area contributed by atoms with Crippen LogP contribution in [0.25, 0.3) is 10.9 Å². The van der Waals surface area contributed by atoms with Gasteiger partial charge in [0.2, 0.25) is 0 Å². The first-order chi connectivity index (χ1) is 7.80. The molecule has 0 aliphatic heterocycles. The summed E-state index contributed by atoms with van der Waals surface area (Å²) in [6, 6.07) is 8.31. The lowest BCUT2D eigenvalue weighted by Crippen LogP contribution is -1.96. The molecule has 0 fully saturated rings. The van der Waals surface area contributed by atoms with Crippen LogP contribution in [0, 0.1) is 11.3 Å². The normalized spacial score (nSPS) is 10.1. The molecule has 0 saturated carbocycles. The van der Waals surface area contributed by atoms with Crippen LogP contribution >= 0.6 is 0 Å². The summed E-state index contributed by atoms with van der Waals surface area (Å²) in [5.74, 6) is 0. The molecule has 0 aliphatic rings. The molecular weight excluding hydrogens is 198 g/mol. The number of hydrogen-bond donors (Lipinski definition) is 1. The fraction of sp³-hybridized carbons (Fsp3) is 0.231. The lowest BCUT2D eigenvalue weighted by Gasteiger charge is -2.08. The maximum absolute atomic E-state index is 9.01. The molecule has 80 valence electrons. The molecule has 1 aromatic heterocycles. The number of aryl methyl sites for hydroxylation is 1. The molecule has 1 aromatic carbocycles. The number of nitrogens with zero attached hydrogens (tertiary/aromatic N) is 2. The van der Waals surface area contributed by atoms with E-state index in [-0.39, 0.29) is 0 Å². The van der Waals surface area contributed by atoms with E-state index in [0.29, 0.717) is 5.56 Å². The number of nitrogens with one attached hydrogen (secondary N) is 1. The first-order valence-corrected chi connectivity index (χ1v) is 5.29. The first-order valence-electron chi connectivity index (χ1n) is 5.29. The molecule has 16 heavy (non-hydrogen) atoms. The second-order valence-electron chi connectivity index (χ2n) is 3.61. The highest BCUT2D eigenvalue weighted by atomic mass is 14.8. The molecule has 3 heteroatoms. The van der Waals surface area contributed by atoms with Crippen LogP contribution in [0.2, 0.25) is 0 Å². The van der Waals surface area contributed by atoms with Gasteiger partial charge in [0.15, 0.2) is 0 Å².